The molecule has 4 rings (SSSR count). The number of fused-ring (bicyclic) bond motifs is 2. The summed E-state index contributed by atoms with van der Waals surface area (Å²) in [6.07, 6.45) is -0.865. The lowest BCUT2D eigenvalue weighted by atomic mass is 10.0. The van der Waals surface area contributed by atoms with Crippen LogP contribution in [0.15, 0.2) is 48.5 Å². The highest BCUT2D eigenvalue weighted by atomic mass is 16.3. The molecule has 5 heteroatoms. The summed E-state index contributed by atoms with van der Waals surface area (Å²) in [7, 11) is 1.81. The number of hydrogen-bond donors (Lipinski definition) is 2. The highest BCUT2D eigenvalue weighted by Gasteiger charge is 2.33. The van der Waals surface area contributed by atoms with Crippen LogP contribution in [0.5, 0.6) is 0 Å². The van der Waals surface area contributed by atoms with Crippen LogP contribution < -0.4 is 4.90 Å². The molecule has 2 aromatic carbocycles. The molecule has 1 aliphatic rings. The number of benzene rings is 2. The Morgan fingerprint density at radius 1 is 1.22 bits per heavy atom. The first-order chi connectivity index (χ1) is 11.2. The van der Waals surface area contributed by atoms with Crippen molar-refractivity contribution in [2.75, 3.05) is 11.9 Å². The molecule has 0 spiro atoms. The van der Waals surface area contributed by atoms with E-state index in [9.17, 15) is 10.4 Å². The quantitative estimate of drug-likeness (QED) is 0.678. The lowest BCUT2D eigenvalue weighted by Gasteiger charge is -2.17. The minimum absolute atomic E-state index is 0.366. The molecule has 2 heterocycles. The number of likely N-dealkylation sites (N-methyl/N-ethyl adjacent to an activating group) is 1. The maximum Gasteiger partial charge on any atom is 0.155 e. The zero-order valence-electron chi connectivity index (χ0n) is 12.5. The maximum atomic E-state index is 10.6. The van der Waals surface area contributed by atoms with E-state index in [1.165, 1.54) is 0 Å². The number of allylic oxidation sites excluding steroid dienone is 1. The van der Waals surface area contributed by atoms with Gasteiger partial charge in [-0.05, 0) is 18.2 Å². The van der Waals surface area contributed by atoms with Crippen LogP contribution in [0.1, 0.15) is 11.4 Å². The number of imidazole rings is 1. The normalized spacial score (nSPS) is 18.8. The Morgan fingerprint density at radius 3 is 2.74 bits per heavy atom. The number of nitrogens with one attached hydrogen (secondary N) is 1. The molecular weight excluding hydrogens is 288 g/mol. The van der Waals surface area contributed by atoms with Gasteiger partial charge >= 0.3 is 0 Å². The molecule has 1 aliphatic heterocycles. The first-order valence-electron chi connectivity index (χ1n) is 7.30. The van der Waals surface area contributed by atoms with Crippen LogP contribution in [0.2, 0.25) is 0 Å². The Kier molecular flexibility index (Phi) is 2.93. The maximum absolute atomic E-state index is 10.6. The standard InChI is InChI=1S/C18H14N4O/c1-22-15-9-5-2-6-11(15)16(18(22)23)12(10-19)17-20-13-7-3-4-8-14(13)21-17/h2-9,18,23H,1H3,(H,20,21)/b16-12-. The minimum atomic E-state index is -0.865. The lowest BCUT2D eigenvalue weighted by molar-refractivity contribution is 0.238. The average Bonchev–Trinajstić information content (AvgIpc) is 3.11. The number of aliphatic hydroxyl groups is 1. The lowest BCUT2D eigenvalue weighted by Crippen LogP contribution is -2.26. The van der Waals surface area contributed by atoms with Gasteiger partial charge in [0.2, 0.25) is 0 Å². The monoisotopic (exact) mass is 302 g/mol. The first kappa shape index (κ1) is 13.6. The molecular formula is C18H14N4O. The summed E-state index contributed by atoms with van der Waals surface area (Å²) in [4.78, 5) is 9.42. The average molecular weight is 302 g/mol. The van der Waals surface area contributed by atoms with E-state index in [0.29, 0.717) is 17.0 Å². The summed E-state index contributed by atoms with van der Waals surface area (Å²) >= 11 is 0. The van der Waals surface area contributed by atoms with Crippen molar-refractivity contribution in [3.63, 3.8) is 0 Å². The molecule has 0 radical (unpaired) electrons. The van der Waals surface area contributed by atoms with E-state index < -0.39 is 6.23 Å². The van der Waals surface area contributed by atoms with Crippen molar-refractivity contribution in [3.8, 4) is 6.07 Å². The van der Waals surface area contributed by atoms with Crippen LogP contribution in [0.3, 0.4) is 0 Å². The highest BCUT2D eigenvalue weighted by molar-refractivity contribution is 6.04. The molecule has 112 valence electrons. The summed E-state index contributed by atoms with van der Waals surface area (Å²) in [5.41, 5.74) is 4.38. The summed E-state index contributed by atoms with van der Waals surface area (Å²) < 4.78 is 0. The second kappa shape index (κ2) is 4.97. The Bertz CT molecular complexity index is 947. The second-order valence-electron chi connectivity index (χ2n) is 5.50. The third-order valence-electron chi connectivity index (χ3n) is 4.21. The fourth-order valence-electron chi connectivity index (χ4n) is 3.05. The van der Waals surface area contributed by atoms with Gasteiger partial charge in [0, 0.05) is 23.9 Å². The van der Waals surface area contributed by atoms with E-state index in [-0.39, 0.29) is 0 Å². The first-order valence-corrected chi connectivity index (χ1v) is 7.30. The van der Waals surface area contributed by atoms with Crippen molar-refractivity contribution in [2.45, 2.75) is 6.23 Å². The number of H-pyrrole nitrogens is 1. The molecule has 3 aromatic rings. The predicted molar refractivity (Wildman–Crippen MR) is 89.4 cm³/mol. The molecule has 2 N–H and O–H groups in total. The van der Waals surface area contributed by atoms with E-state index in [4.69, 9.17) is 0 Å². The molecule has 0 saturated heterocycles. The van der Waals surface area contributed by atoms with Gasteiger partial charge in [-0.3, -0.25) is 0 Å². The van der Waals surface area contributed by atoms with Crippen LogP contribution in [-0.2, 0) is 0 Å². The van der Waals surface area contributed by atoms with Gasteiger partial charge in [0.25, 0.3) is 0 Å². The Morgan fingerprint density at radius 2 is 1.96 bits per heavy atom. The van der Waals surface area contributed by atoms with Crippen molar-refractivity contribution in [3.05, 3.63) is 59.9 Å². The molecule has 1 aromatic heterocycles. The van der Waals surface area contributed by atoms with Gasteiger partial charge in [-0.25, -0.2) is 4.98 Å². The minimum Gasteiger partial charge on any atom is -0.369 e. The molecule has 0 aliphatic carbocycles. The van der Waals surface area contributed by atoms with Crippen LogP contribution in [0, 0.1) is 11.3 Å². The van der Waals surface area contributed by atoms with Gasteiger partial charge in [0.15, 0.2) is 6.23 Å². The topological polar surface area (TPSA) is 75.9 Å². The number of hydrogen-bond acceptors (Lipinski definition) is 4. The zero-order valence-corrected chi connectivity index (χ0v) is 12.5. The molecule has 23 heavy (non-hydrogen) atoms. The smallest absolute Gasteiger partial charge is 0.155 e. The molecule has 1 atom stereocenters. The highest BCUT2D eigenvalue weighted by Crippen LogP contribution is 2.41. The van der Waals surface area contributed by atoms with Gasteiger partial charge in [0.05, 0.1) is 11.0 Å². The molecule has 0 fully saturated rings. The van der Waals surface area contributed by atoms with Crippen molar-refractivity contribution >= 4 is 27.9 Å². The van der Waals surface area contributed by atoms with Gasteiger partial charge < -0.3 is 15.0 Å². The number of nitrogens with zero attached hydrogens (tertiary/aromatic N) is 3. The Balaban J connectivity index is 1.98. The summed E-state index contributed by atoms with van der Waals surface area (Å²) in [6, 6.07) is 17.5. The van der Waals surface area contributed by atoms with Gasteiger partial charge in [-0.15, -0.1) is 0 Å². The Labute approximate surface area is 133 Å². The summed E-state index contributed by atoms with van der Waals surface area (Å²) in [6.45, 7) is 0. The van der Waals surface area contributed by atoms with E-state index >= 15 is 0 Å². The molecule has 0 saturated carbocycles. The predicted octanol–water partition coefficient (Wildman–Crippen LogP) is 2.77. The van der Waals surface area contributed by atoms with Crippen LogP contribution in [0.4, 0.5) is 5.69 Å². The van der Waals surface area contributed by atoms with Crippen molar-refractivity contribution in [1.29, 1.82) is 5.26 Å². The number of aromatic amines is 1. The Hall–Kier alpha value is -3.10. The van der Waals surface area contributed by atoms with Crippen LogP contribution in [-0.4, -0.2) is 28.4 Å². The number of rotatable bonds is 1. The molecule has 0 bridgehead atoms. The SMILES string of the molecule is CN1c2ccccc2/C(=C(\C#N)c2nc3ccccc3[nH]2)C1O. The van der Waals surface area contributed by atoms with Gasteiger partial charge in [-0.1, -0.05) is 30.3 Å². The summed E-state index contributed by atoms with van der Waals surface area (Å²) in [5.74, 6) is 0.479. The second-order valence-corrected chi connectivity index (χ2v) is 5.50. The summed E-state index contributed by atoms with van der Waals surface area (Å²) in [5, 5.41) is 20.3. The number of anilines is 1. The largest absolute Gasteiger partial charge is 0.369 e. The number of aromatic nitrogens is 2. The van der Waals surface area contributed by atoms with Gasteiger partial charge in [0.1, 0.15) is 17.5 Å². The number of para-hydroxylation sites is 3. The van der Waals surface area contributed by atoms with E-state index in [0.717, 1.165) is 22.3 Å². The molecule has 1 unspecified atom stereocenters. The van der Waals surface area contributed by atoms with E-state index in [2.05, 4.69) is 16.0 Å². The van der Waals surface area contributed by atoms with Crippen molar-refractivity contribution in [2.24, 2.45) is 0 Å². The van der Waals surface area contributed by atoms with Crippen molar-refractivity contribution in [1.82, 2.24) is 9.97 Å². The third-order valence-corrected chi connectivity index (χ3v) is 4.21. The third kappa shape index (κ3) is 1.93. The number of aliphatic hydroxyl groups excluding tert-OH is 1. The molecule has 0 amide bonds. The fourth-order valence-corrected chi connectivity index (χ4v) is 3.05. The van der Waals surface area contributed by atoms with Crippen LogP contribution >= 0.6 is 0 Å². The van der Waals surface area contributed by atoms with Crippen LogP contribution in [0.25, 0.3) is 22.2 Å². The molecule has 5 nitrogen and oxygen atoms in total. The fraction of sp³-hybridized carbons (Fsp3) is 0.111. The van der Waals surface area contributed by atoms with E-state index in [1.54, 1.807) is 4.90 Å². The number of nitriles is 1. The van der Waals surface area contributed by atoms with Gasteiger partial charge in [-0.2, -0.15) is 5.26 Å². The zero-order chi connectivity index (χ0) is 16.0. The van der Waals surface area contributed by atoms with E-state index in [1.807, 2.05) is 55.6 Å². The van der Waals surface area contributed by atoms with Crippen molar-refractivity contribution < 1.29 is 5.11 Å².